The van der Waals surface area contributed by atoms with Crippen molar-refractivity contribution in [1.29, 1.82) is 0 Å². The van der Waals surface area contributed by atoms with Crippen LogP contribution < -0.4 is 0 Å². The van der Waals surface area contributed by atoms with Gasteiger partial charge < -0.3 is 0 Å². The van der Waals surface area contributed by atoms with Crippen molar-refractivity contribution in [2.45, 2.75) is 25.6 Å². The molecule has 0 spiro atoms. The Hall–Kier alpha value is -2.92. The normalized spacial score (nSPS) is 18.6. The van der Waals surface area contributed by atoms with Gasteiger partial charge in [0, 0.05) is 5.56 Å². The number of hydrogen-bond acceptors (Lipinski definition) is 4. The van der Waals surface area contributed by atoms with E-state index in [2.05, 4.69) is 41.4 Å². The number of benzene rings is 3. The molecule has 3 aromatic carbocycles. The third kappa shape index (κ3) is 3.71. The molecular formula is C23H21N3OS. The molecule has 4 rings (SSSR count). The molecule has 1 atom stereocenters. The number of thioether (sulfide) groups is 1. The Morgan fingerprint density at radius 2 is 1.79 bits per heavy atom. The van der Waals surface area contributed by atoms with Crippen LogP contribution in [0, 0.1) is 6.92 Å². The highest BCUT2D eigenvalue weighted by Crippen LogP contribution is 2.29. The number of hydrogen-bond donors (Lipinski definition) is 0. The van der Waals surface area contributed by atoms with Gasteiger partial charge in [-0.15, -0.1) is 5.10 Å². The van der Waals surface area contributed by atoms with Gasteiger partial charge in [0.05, 0.1) is 18.0 Å². The van der Waals surface area contributed by atoms with E-state index in [1.54, 1.807) is 11.1 Å². The smallest absolute Gasteiger partial charge is 0.242 e. The van der Waals surface area contributed by atoms with Gasteiger partial charge in [0.15, 0.2) is 5.17 Å². The number of carbonyl (C=O) groups is 1. The maximum atomic E-state index is 12.6. The van der Waals surface area contributed by atoms with Gasteiger partial charge in [0.1, 0.15) is 0 Å². The van der Waals surface area contributed by atoms with Crippen LogP contribution in [-0.2, 0) is 11.3 Å². The lowest BCUT2D eigenvalue weighted by Gasteiger charge is -2.16. The highest BCUT2D eigenvalue weighted by atomic mass is 32.2. The number of rotatable bonds is 4. The highest BCUT2D eigenvalue weighted by molar-refractivity contribution is 8.15. The Morgan fingerprint density at radius 1 is 1.04 bits per heavy atom. The van der Waals surface area contributed by atoms with Gasteiger partial charge in [-0.1, -0.05) is 78.5 Å². The summed E-state index contributed by atoms with van der Waals surface area (Å²) in [7, 11) is 0. The van der Waals surface area contributed by atoms with Crippen molar-refractivity contribution in [3.63, 3.8) is 0 Å². The van der Waals surface area contributed by atoms with Crippen molar-refractivity contribution in [3.05, 3.63) is 83.4 Å². The van der Waals surface area contributed by atoms with Crippen LogP contribution in [0.3, 0.4) is 0 Å². The van der Waals surface area contributed by atoms with Crippen molar-refractivity contribution in [1.82, 2.24) is 4.90 Å². The van der Waals surface area contributed by atoms with Crippen molar-refractivity contribution < 1.29 is 4.79 Å². The molecule has 1 saturated heterocycles. The van der Waals surface area contributed by atoms with Gasteiger partial charge in [-0.2, -0.15) is 5.10 Å². The minimum Gasteiger partial charge on any atom is -0.284 e. The molecule has 1 amide bonds. The highest BCUT2D eigenvalue weighted by Gasteiger charge is 2.35. The van der Waals surface area contributed by atoms with E-state index < -0.39 is 0 Å². The average molecular weight is 388 g/mol. The third-order valence-corrected chi connectivity index (χ3v) is 5.95. The molecule has 1 aliphatic heterocycles. The van der Waals surface area contributed by atoms with Gasteiger partial charge in [-0.3, -0.25) is 9.69 Å². The van der Waals surface area contributed by atoms with Gasteiger partial charge in [-0.05, 0) is 35.7 Å². The predicted molar refractivity (Wildman–Crippen MR) is 118 cm³/mol. The third-order valence-electron chi connectivity index (χ3n) is 4.88. The van der Waals surface area contributed by atoms with Crippen molar-refractivity contribution in [2.24, 2.45) is 10.2 Å². The molecular weight excluding hydrogens is 366 g/mol. The fourth-order valence-electron chi connectivity index (χ4n) is 3.27. The Labute approximate surface area is 169 Å². The quantitative estimate of drug-likeness (QED) is 0.467. The summed E-state index contributed by atoms with van der Waals surface area (Å²) < 4.78 is 0. The Morgan fingerprint density at radius 3 is 2.64 bits per heavy atom. The molecule has 0 aromatic heterocycles. The molecule has 5 heteroatoms. The van der Waals surface area contributed by atoms with E-state index in [4.69, 9.17) is 0 Å². The van der Waals surface area contributed by atoms with E-state index >= 15 is 0 Å². The summed E-state index contributed by atoms with van der Waals surface area (Å²) in [5, 5.41) is 11.5. The van der Waals surface area contributed by atoms with E-state index in [0.717, 1.165) is 16.5 Å². The average Bonchev–Trinajstić information content (AvgIpc) is 2.97. The largest absolute Gasteiger partial charge is 0.284 e. The minimum absolute atomic E-state index is 0.0763. The van der Waals surface area contributed by atoms with Crippen molar-refractivity contribution in [3.8, 4) is 0 Å². The lowest BCUT2D eigenvalue weighted by Crippen LogP contribution is -2.31. The van der Waals surface area contributed by atoms with E-state index in [1.165, 1.54) is 22.7 Å². The van der Waals surface area contributed by atoms with Crippen LogP contribution >= 0.6 is 11.8 Å². The summed E-state index contributed by atoms with van der Waals surface area (Å²) in [6.07, 6.45) is 1.76. The number of fused-ring (bicyclic) bond motifs is 1. The topological polar surface area (TPSA) is 45.0 Å². The SMILES string of the molecule is Cc1ccccc1CN1C(=O)C(C)S/C1=N\N=C\c1cccc2ccccc12. The molecule has 0 aliphatic carbocycles. The molecule has 1 aliphatic rings. The van der Waals surface area contributed by atoms with Crippen LogP contribution in [0.25, 0.3) is 10.8 Å². The Balaban J connectivity index is 1.61. The summed E-state index contributed by atoms with van der Waals surface area (Å²) >= 11 is 1.46. The standard InChI is InChI=1S/C23H21N3OS/c1-16-8-3-4-10-20(16)15-26-22(27)17(2)28-23(26)25-24-14-19-12-7-11-18-9-5-6-13-21(18)19/h3-14,17H,15H2,1-2H3/b24-14+,25-23-. The van der Waals surface area contributed by atoms with Crippen molar-refractivity contribution >= 4 is 39.8 Å². The first-order valence-corrected chi connectivity index (χ1v) is 10.1. The predicted octanol–water partition coefficient (Wildman–Crippen LogP) is 5.00. The molecule has 0 bridgehead atoms. The first-order valence-electron chi connectivity index (χ1n) is 9.25. The molecule has 0 radical (unpaired) electrons. The summed E-state index contributed by atoms with van der Waals surface area (Å²) in [6, 6.07) is 22.4. The molecule has 1 fully saturated rings. The van der Waals surface area contributed by atoms with E-state index in [1.807, 2.05) is 49.4 Å². The van der Waals surface area contributed by atoms with E-state index in [9.17, 15) is 4.79 Å². The Kier molecular flexibility index (Phi) is 5.26. The van der Waals surface area contributed by atoms with Crippen LogP contribution in [0.4, 0.5) is 0 Å². The van der Waals surface area contributed by atoms with Gasteiger partial charge in [0.25, 0.3) is 0 Å². The molecule has 4 nitrogen and oxygen atoms in total. The second kappa shape index (κ2) is 7.98. The van der Waals surface area contributed by atoms with Crippen molar-refractivity contribution in [2.75, 3.05) is 0 Å². The molecule has 0 saturated carbocycles. The summed E-state index contributed by atoms with van der Waals surface area (Å²) in [6.45, 7) is 4.49. The number of carbonyl (C=O) groups excluding carboxylic acids is 1. The molecule has 0 N–H and O–H groups in total. The summed E-state index contributed by atoms with van der Waals surface area (Å²) in [5.74, 6) is 0.0763. The van der Waals surface area contributed by atoms with Crippen LogP contribution in [0.5, 0.6) is 0 Å². The van der Waals surface area contributed by atoms with Crippen LogP contribution in [-0.4, -0.2) is 27.4 Å². The van der Waals surface area contributed by atoms with Crippen LogP contribution in [0.2, 0.25) is 0 Å². The summed E-state index contributed by atoms with van der Waals surface area (Å²) in [5.41, 5.74) is 3.30. The van der Waals surface area contributed by atoms with Gasteiger partial charge in [-0.25, -0.2) is 0 Å². The van der Waals surface area contributed by atoms with Crippen LogP contribution in [0.1, 0.15) is 23.6 Å². The maximum Gasteiger partial charge on any atom is 0.242 e. The zero-order valence-electron chi connectivity index (χ0n) is 15.9. The lowest BCUT2D eigenvalue weighted by molar-refractivity contribution is -0.126. The second-order valence-corrected chi connectivity index (χ2v) is 8.11. The lowest BCUT2D eigenvalue weighted by atomic mass is 10.1. The number of amides is 1. The molecule has 140 valence electrons. The van der Waals surface area contributed by atoms with E-state index in [-0.39, 0.29) is 11.2 Å². The summed E-state index contributed by atoms with van der Waals surface area (Å²) in [4.78, 5) is 14.3. The zero-order valence-corrected chi connectivity index (χ0v) is 16.7. The maximum absolute atomic E-state index is 12.6. The number of amidine groups is 1. The van der Waals surface area contributed by atoms with Crippen LogP contribution in [0.15, 0.2) is 76.9 Å². The second-order valence-electron chi connectivity index (χ2n) is 6.81. The molecule has 1 heterocycles. The molecule has 28 heavy (non-hydrogen) atoms. The number of nitrogens with zero attached hydrogens (tertiary/aromatic N) is 3. The monoisotopic (exact) mass is 387 g/mol. The molecule has 1 unspecified atom stereocenters. The first kappa shape index (κ1) is 18.4. The van der Waals surface area contributed by atoms with Gasteiger partial charge >= 0.3 is 0 Å². The number of aryl methyl sites for hydroxylation is 1. The van der Waals surface area contributed by atoms with E-state index in [0.29, 0.717) is 11.7 Å². The zero-order chi connectivity index (χ0) is 19.5. The fraction of sp³-hybridized carbons (Fsp3) is 0.174. The minimum atomic E-state index is -0.143. The molecule has 3 aromatic rings. The van der Waals surface area contributed by atoms with Gasteiger partial charge in [0.2, 0.25) is 5.91 Å². The Bertz CT molecular complexity index is 1080. The fourth-order valence-corrected chi connectivity index (χ4v) is 4.19. The first-order chi connectivity index (χ1) is 13.6.